The minimum Gasteiger partial charge on any atom is -0.485 e. The Labute approximate surface area is 128 Å². The van der Waals surface area contributed by atoms with Crippen molar-refractivity contribution in [1.82, 2.24) is 4.98 Å². The molecule has 0 aliphatic carbocycles. The molecule has 0 spiro atoms. The molecule has 0 amide bonds. The number of anilines is 1. The van der Waals surface area contributed by atoms with Crippen molar-refractivity contribution in [3.63, 3.8) is 0 Å². The normalized spacial score (nSPS) is 11.4. The largest absolute Gasteiger partial charge is 0.485 e. The van der Waals surface area contributed by atoms with Gasteiger partial charge in [0, 0.05) is 10.7 Å². The van der Waals surface area contributed by atoms with Gasteiger partial charge in [-0.1, -0.05) is 45.0 Å². The summed E-state index contributed by atoms with van der Waals surface area (Å²) in [4.78, 5) is 4.04. The molecule has 0 saturated carbocycles. The van der Waals surface area contributed by atoms with Crippen LogP contribution in [0.15, 0.2) is 41.0 Å². The SMILES string of the molecule is CC(C)(C)c1ccc(COc2cc(Br)cnc2N)cc1. The highest BCUT2D eigenvalue weighted by molar-refractivity contribution is 9.10. The van der Waals surface area contributed by atoms with E-state index in [2.05, 4.69) is 66.0 Å². The molecule has 2 rings (SSSR count). The number of pyridine rings is 1. The molecular formula is C16H19BrN2O. The van der Waals surface area contributed by atoms with Crippen LogP contribution in [0.1, 0.15) is 31.9 Å². The third-order valence-corrected chi connectivity index (χ3v) is 3.50. The topological polar surface area (TPSA) is 48.1 Å². The Hall–Kier alpha value is -1.55. The second kappa shape index (κ2) is 5.83. The summed E-state index contributed by atoms with van der Waals surface area (Å²) in [5.41, 5.74) is 8.36. The lowest BCUT2D eigenvalue weighted by molar-refractivity contribution is 0.306. The molecule has 3 nitrogen and oxygen atoms in total. The fraction of sp³-hybridized carbons (Fsp3) is 0.312. The van der Waals surface area contributed by atoms with Gasteiger partial charge >= 0.3 is 0 Å². The highest BCUT2D eigenvalue weighted by Crippen LogP contribution is 2.25. The minimum atomic E-state index is 0.165. The van der Waals surface area contributed by atoms with Gasteiger partial charge in [0.2, 0.25) is 0 Å². The summed E-state index contributed by atoms with van der Waals surface area (Å²) in [5, 5.41) is 0. The van der Waals surface area contributed by atoms with Crippen molar-refractivity contribution in [3.8, 4) is 5.75 Å². The smallest absolute Gasteiger partial charge is 0.166 e. The number of benzene rings is 1. The molecule has 1 aromatic carbocycles. The van der Waals surface area contributed by atoms with Crippen LogP contribution in [0, 0.1) is 0 Å². The zero-order valence-electron chi connectivity index (χ0n) is 12.0. The van der Waals surface area contributed by atoms with Crippen molar-refractivity contribution < 1.29 is 4.74 Å². The molecule has 0 unspecified atom stereocenters. The fourth-order valence-corrected chi connectivity index (χ4v) is 2.12. The molecule has 0 fully saturated rings. The molecular weight excluding hydrogens is 316 g/mol. The van der Waals surface area contributed by atoms with Crippen LogP contribution in [-0.4, -0.2) is 4.98 Å². The first-order valence-electron chi connectivity index (χ1n) is 6.49. The molecule has 0 aliphatic heterocycles. The first-order chi connectivity index (χ1) is 9.36. The number of hydrogen-bond donors (Lipinski definition) is 1. The number of ether oxygens (including phenoxy) is 1. The zero-order chi connectivity index (χ0) is 14.8. The van der Waals surface area contributed by atoms with Gasteiger partial charge in [0.05, 0.1) is 0 Å². The molecule has 106 valence electrons. The van der Waals surface area contributed by atoms with Gasteiger partial charge in [0.1, 0.15) is 6.61 Å². The van der Waals surface area contributed by atoms with E-state index in [1.165, 1.54) is 5.56 Å². The van der Waals surface area contributed by atoms with E-state index in [1.807, 2.05) is 6.07 Å². The number of nitrogens with zero attached hydrogens (tertiary/aromatic N) is 1. The van der Waals surface area contributed by atoms with Crippen molar-refractivity contribution in [2.75, 3.05) is 5.73 Å². The maximum atomic E-state index is 5.78. The average Bonchev–Trinajstić information content (AvgIpc) is 2.39. The van der Waals surface area contributed by atoms with Crippen molar-refractivity contribution in [3.05, 3.63) is 52.1 Å². The number of halogens is 1. The van der Waals surface area contributed by atoms with E-state index in [0.29, 0.717) is 18.2 Å². The zero-order valence-corrected chi connectivity index (χ0v) is 13.6. The number of nitrogens with two attached hydrogens (primary N) is 1. The van der Waals surface area contributed by atoms with E-state index in [9.17, 15) is 0 Å². The quantitative estimate of drug-likeness (QED) is 0.910. The monoisotopic (exact) mass is 334 g/mol. The highest BCUT2D eigenvalue weighted by Gasteiger charge is 2.12. The summed E-state index contributed by atoms with van der Waals surface area (Å²) >= 11 is 3.36. The Kier molecular flexibility index (Phi) is 4.33. The first kappa shape index (κ1) is 14.9. The number of rotatable bonds is 3. The standard InChI is InChI=1S/C16H19BrN2O/c1-16(2,3)12-6-4-11(5-7-12)10-20-14-8-13(17)9-19-15(14)18/h4-9H,10H2,1-3H3,(H2,18,19). The highest BCUT2D eigenvalue weighted by atomic mass is 79.9. The molecule has 20 heavy (non-hydrogen) atoms. The number of nitrogen functional groups attached to an aromatic ring is 1. The summed E-state index contributed by atoms with van der Waals surface area (Å²) in [7, 11) is 0. The Balaban J connectivity index is 2.06. The van der Waals surface area contributed by atoms with Gasteiger partial charge in [0.25, 0.3) is 0 Å². The van der Waals surface area contributed by atoms with Crippen molar-refractivity contribution >= 4 is 21.7 Å². The van der Waals surface area contributed by atoms with E-state index in [-0.39, 0.29) is 5.41 Å². The van der Waals surface area contributed by atoms with Gasteiger partial charge in [-0.25, -0.2) is 4.98 Å². The van der Waals surface area contributed by atoms with Gasteiger partial charge < -0.3 is 10.5 Å². The van der Waals surface area contributed by atoms with Gasteiger partial charge in [0.15, 0.2) is 11.6 Å². The van der Waals surface area contributed by atoms with Crippen LogP contribution in [0.25, 0.3) is 0 Å². The van der Waals surface area contributed by atoms with Gasteiger partial charge in [-0.2, -0.15) is 0 Å². The van der Waals surface area contributed by atoms with Crippen LogP contribution in [0.4, 0.5) is 5.82 Å². The summed E-state index contributed by atoms with van der Waals surface area (Å²) in [6, 6.07) is 10.3. The van der Waals surface area contributed by atoms with Gasteiger partial charge in [-0.3, -0.25) is 0 Å². The Morgan fingerprint density at radius 3 is 2.45 bits per heavy atom. The van der Waals surface area contributed by atoms with Crippen molar-refractivity contribution in [1.29, 1.82) is 0 Å². The van der Waals surface area contributed by atoms with E-state index >= 15 is 0 Å². The maximum absolute atomic E-state index is 5.78. The second-order valence-corrected chi connectivity index (χ2v) is 6.69. The van der Waals surface area contributed by atoms with E-state index in [4.69, 9.17) is 10.5 Å². The lowest BCUT2D eigenvalue weighted by Crippen LogP contribution is -2.10. The minimum absolute atomic E-state index is 0.165. The maximum Gasteiger partial charge on any atom is 0.166 e. The van der Waals surface area contributed by atoms with E-state index in [0.717, 1.165) is 10.0 Å². The molecule has 2 N–H and O–H groups in total. The number of aromatic nitrogens is 1. The molecule has 1 aromatic heterocycles. The van der Waals surface area contributed by atoms with Crippen LogP contribution in [0.3, 0.4) is 0 Å². The Morgan fingerprint density at radius 1 is 1.20 bits per heavy atom. The van der Waals surface area contributed by atoms with Crippen LogP contribution in [0.5, 0.6) is 5.75 Å². The van der Waals surface area contributed by atoms with Gasteiger partial charge in [-0.15, -0.1) is 0 Å². The lowest BCUT2D eigenvalue weighted by Gasteiger charge is -2.19. The Morgan fingerprint density at radius 2 is 1.85 bits per heavy atom. The molecule has 0 bridgehead atoms. The predicted octanol–water partition coefficient (Wildman–Crippen LogP) is 4.30. The summed E-state index contributed by atoms with van der Waals surface area (Å²) in [6.45, 7) is 7.08. The van der Waals surface area contributed by atoms with Crippen LogP contribution in [-0.2, 0) is 12.0 Å². The summed E-state index contributed by atoms with van der Waals surface area (Å²) < 4.78 is 6.56. The van der Waals surface area contributed by atoms with Crippen molar-refractivity contribution in [2.24, 2.45) is 0 Å². The third kappa shape index (κ3) is 3.73. The van der Waals surface area contributed by atoms with Gasteiger partial charge in [-0.05, 0) is 38.5 Å². The van der Waals surface area contributed by atoms with E-state index < -0.39 is 0 Å². The molecule has 2 aromatic rings. The molecule has 0 atom stereocenters. The van der Waals surface area contributed by atoms with E-state index in [1.54, 1.807) is 6.20 Å². The van der Waals surface area contributed by atoms with Crippen LogP contribution < -0.4 is 10.5 Å². The summed E-state index contributed by atoms with van der Waals surface area (Å²) in [5.74, 6) is 0.999. The fourth-order valence-electron chi connectivity index (χ4n) is 1.81. The Bertz CT molecular complexity index is 588. The molecule has 1 heterocycles. The second-order valence-electron chi connectivity index (χ2n) is 5.77. The lowest BCUT2D eigenvalue weighted by atomic mass is 9.87. The first-order valence-corrected chi connectivity index (χ1v) is 7.29. The van der Waals surface area contributed by atoms with Crippen LogP contribution >= 0.6 is 15.9 Å². The third-order valence-electron chi connectivity index (χ3n) is 3.06. The molecule has 0 saturated heterocycles. The number of hydrogen-bond acceptors (Lipinski definition) is 3. The molecule has 4 heteroatoms. The molecule has 0 aliphatic rings. The predicted molar refractivity (Wildman–Crippen MR) is 85.8 cm³/mol. The van der Waals surface area contributed by atoms with Crippen molar-refractivity contribution in [2.45, 2.75) is 32.8 Å². The molecule has 0 radical (unpaired) electrons. The summed E-state index contributed by atoms with van der Waals surface area (Å²) in [6.07, 6.45) is 1.65. The average molecular weight is 335 g/mol. The van der Waals surface area contributed by atoms with Crippen LogP contribution in [0.2, 0.25) is 0 Å².